The van der Waals surface area contributed by atoms with Crippen molar-refractivity contribution in [2.45, 2.75) is 25.0 Å². The summed E-state index contributed by atoms with van der Waals surface area (Å²) in [5, 5.41) is 3.99. The second kappa shape index (κ2) is 6.72. The lowest BCUT2D eigenvalue weighted by atomic mass is 10.0. The topological polar surface area (TPSA) is 57.8 Å². The van der Waals surface area contributed by atoms with E-state index in [0.717, 1.165) is 11.4 Å². The Balaban J connectivity index is 2.12. The molecular formula is C15H19N3OS. The van der Waals surface area contributed by atoms with Crippen LogP contribution in [0.1, 0.15) is 22.9 Å². The lowest BCUT2D eigenvalue weighted by Crippen LogP contribution is -2.20. The molecule has 0 aliphatic rings. The Bertz CT molecular complexity index is 639. The normalized spacial score (nSPS) is 12.3. The first-order valence-corrected chi connectivity index (χ1v) is 7.52. The second-order valence-corrected chi connectivity index (χ2v) is 5.71. The van der Waals surface area contributed by atoms with E-state index in [9.17, 15) is 4.79 Å². The van der Waals surface area contributed by atoms with E-state index >= 15 is 0 Å². The van der Waals surface area contributed by atoms with Gasteiger partial charge < -0.3 is 10.3 Å². The van der Waals surface area contributed by atoms with Gasteiger partial charge in [-0.25, -0.2) is 4.98 Å². The van der Waals surface area contributed by atoms with Crippen molar-refractivity contribution in [1.82, 2.24) is 15.3 Å². The summed E-state index contributed by atoms with van der Waals surface area (Å²) in [4.78, 5) is 18.5. The molecule has 1 aromatic carbocycles. The molecule has 0 aliphatic carbocycles. The number of hydrogen-bond donors (Lipinski definition) is 2. The van der Waals surface area contributed by atoms with Gasteiger partial charge in [-0.1, -0.05) is 36.0 Å². The van der Waals surface area contributed by atoms with Gasteiger partial charge >= 0.3 is 0 Å². The van der Waals surface area contributed by atoms with E-state index < -0.39 is 0 Å². The average molecular weight is 289 g/mol. The van der Waals surface area contributed by atoms with Gasteiger partial charge in [-0.2, -0.15) is 0 Å². The first kappa shape index (κ1) is 14.8. The minimum atomic E-state index is -0.100. The highest BCUT2D eigenvalue weighted by molar-refractivity contribution is 7.99. The van der Waals surface area contributed by atoms with Crippen LogP contribution in [0, 0.1) is 13.8 Å². The summed E-state index contributed by atoms with van der Waals surface area (Å²) in [6, 6.07) is 10.1. The Morgan fingerprint density at radius 2 is 2.10 bits per heavy atom. The summed E-state index contributed by atoms with van der Waals surface area (Å²) in [5.41, 5.74) is 3.18. The van der Waals surface area contributed by atoms with Crippen LogP contribution in [0.4, 0.5) is 0 Å². The van der Waals surface area contributed by atoms with Gasteiger partial charge in [0, 0.05) is 23.6 Å². The highest BCUT2D eigenvalue weighted by Crippen LogP contribution is 2.23. The first-order chi connectivity index (χ1) is 9.60. The van der Waals surface area contributed by atoms with Gasteiger partial charge in [0.15, 0.2) is 5.16 Å². The van der Waals surface area contributed by atoms with Crippen molar-refractivity contribution in [1.29, 1.82) is 0 Å². The maximum Gasteiger partial charge on any atom is 0.251 e. The Labute approximate surface area is 123 Å². The molecule has 2 aromatic rings. The minimum Gasteiger partial charge on any atom is -0.312 e. The van der Waals surface area contributed by atoms with Gasteiger partial charge in [0.2, 0.25) is 0 Å². The number of aromatic nitrogens is 2. The molecule has 106 valence electrons. The quantitative estimate of drug-likeness (QED) is 0.656. The van der Waals surface area contributed by atoms with Crippen LogP contribution >= 0.6 is 11.8 Å². The van der Waals surface area contributed by atoms with E-state index in [0.29, 0.717) is 5.16 Å². The van der Waals surface area contributed by atoms with Crippen molar-refractivity contribution >= 4 is 11.8 Å². The number of H-pyrrole nitrogens is 1. The summed E-state index contributed by atoms with van der Waals surface area (Å²) in [7, 11) is 1.95. The van der Waals surface area contributed by atoms with Gasteiger partial charge in [0.1, 0.15) is 0 Å². The van der Waals surface area contributed by atoms with Gasteiger partial charge in [0.05, 0.1) is 0 Å². The predicted molar refractivity (Wildman–Crippen MR) is 83.3 cm³/mol. The molecule has 2 rings (SSSR count). The van der Waals surface area contributed by atoms with Crippen molar-refractivity contribution in [3.05, 3.63) is 57.5 Å². The zero-order valence-corrected chi connectivity index (χ0v) is 12.8. The molecule has 0 saturated heterocycles. The van der Waals surface area contributed by atoms with Crippen LogP contribution in [0.5, 0.6) is 0 Å². The number of aryl methyl sites for hydroxylation is 2. The number of hydrogen-bond acceptors (Lipinski definition) is 4. The minimum absolute atomic E-state index is 0.100. The standard InChI is InChI=1S/C15H19N3OS/c1-10-6-4-5-7-12(10)13(16-3)9-20-15-17-11(2)8-14(19)18-15/h4-8,13,16H,9H2,1-3H3,(H,17,18,19). The zero-order chi connectivity index (χ0) is 14.5. The van der Waals surface area contributed by atoms with Crippen molar-refractivity contribution in [2.75, 3.05) is 12.8 Å². The lowest BCUT2D eigenvalue weighted by molar-refractivity contribution is 0.656. The zero-order valence-electron chi connectivity index (χ0n) is 11.9. The molecule has 4 nitrogen and oxygen atoms in total. The van der Waals surface area contributed by atoms with E-state index in [4.69, 9.17) is 0 Å². The number of thioether (sulfide) groups is 1. The molecule has 1 unspecified atom stereocenters. The lowest BCUT2D eigenvalue weighted by Gasteiger charge is -2.18. The summed E-state index contributed by atoms with van der Waals surface area (Å²) < 4.78 is 0. The molecule has 0 aliphatic heterocycles. The number of nitrogens with zero attached hydrogens (tertiary/aromatic N) is 1. The SMILES string of the molecule is CNC(CSc1nc(C)cc(=O)[nH]1)c1ccccc1C. The van der Waals surface area contributed by atoms with Crippen LogP contribution < -0.4 is 10.9 Å². The maximum atomic E-state index is 11.4. The molecule has 2 N–H and O–H groups in total. The van der Waals surface area contributed by atoms with Gasteiger partial charge in [-0.15, -0.1) is 0 Å². The largest absolute Gasteiger partial charge is 0.312 e. The summed E-state index contributed by atoms with van der Waals surface area (Å²) in [6.45, 7) is 3.94. The van der Waals surface area contributed by atoms with Crippen LogP contribution in [0.15, 0.2) is 40.3 Å². The fourth-order valence-corrected chi connectivity index (χ4v) is 3.14. The van der Waals surface area contributed by atoms with Crippen molar-refractivity contribution in [2.24, 2.45) is 0 Å². The van der Waals surface area contributed by atoms with Crippen LogP contribution in [0.2, 0.25) is 0 Å². The fourth-order valence-electron chi connectivity index (χ4n) is 2.09. The maximum absolute atomic E-state index is 11.4. The Kier molecular flexibility index (Phi) is 4.98. The number of nitrogens with one attached hydrogen (secondary N) is 2. The Hall–Kier alpha value is -1.59. The van der Waals surface area contributed by atoms with E-state index in [-0.39, 0.29) is 11.6 Å². The summed E-state index contributed by atoms with van der Waals surface area (Å²) in [5.74, 6) is 0.813. The molecule has 0 fully saturated rings. The number of rotatable bonds is 5. The first-order valence-electron chi connectivity index (χ1n) is 6.53. The van der Waals surface area contributed by atoms with Crippen LogP contribution in [0.25, 0.3) is 0 Å². The van der Waals surface area contributed by atoms with E-state index in [1.54, 1.807) is 11.8 Å². The Morgan fingerprint density at radius 3 is 2.75 bits per heavy atom. The molecule has 0 spiro atoms. The molecular weight excluding hydrogens is 270 g/mol. The smallest absolute Gasteiger partial charge is 0.251 e. The number of aromatic amines is 1. The summed E-state index contributed by atoms with van der Waals surface area (Å²) in [6.07, 6.45) is 0. The average Bonchev–Trinajstić information content (AvgIpc) is 2.40. The third-order valence-corrected chi connectivity index (χ3v) is 4.11. The second-order valence-electron chi connectivity index (χ2n) is 4.70. The van der Waals surface area contributed by atoms with Crippen molar-refractivity contribution in [3.8, 4) is 0 Å². The van der Waals surface area contributed by atoms with E-state index in [2.05, 4.69) is 34.3 Å². The highest BCUT2D eigenvalue weighted by Gasteiger charge is 2.12. The third kappa shape index (κ3) is 3.71. The van der Waals surface area contributed by atoms with Crippen molar-refractivity contribution in [3.63, 3.8) is 0 Å². The van der Waals surface area contributed by atoms with E-state index in [1.165, 1.54) is 17.2 Å². The monoisotopic (exact) mass is 289 g/mol. The number of benzene rings is 1. The highest BCUT2D eigenvalue weighted by atomic mass is 32.2. The molecule has 0 radical (unpaired) electrons. The molecule has 0 amide bonds. The third-order valence-electron chi connectivity index (χ3n) is 3.15. The molecule has 1 aromatic heterocycles. The molecule has 0 saturated carbocycles. The van der Waals surface area contributed by atoms with Crippen LogP contribution in [0.3, 0.4) is 0 Å². The molecule has 20 heavy (non-hydrogen) atoms. The fraction of sp³-hybridized carbons (Fsp3) is 0.333. The van der Waals surface area contributed by atoms with Gasteiger partial charge in [-0.05, 0) is 32.0 Å². The molecule has 1 atom stereocenters. The molecule has 5 heteroatoms. The van der Waals surface area contributed by atoms with Crippen LogP contribution in [-0.4, -0.2) is 22.8 Å². The predicted octanol–water partition coefficient (Wildman–Crippen LogP) is 2.44. The van der Waals surface area contributed by atoms with Crippen LogP contribution in [-0.2, 0) is 0 Å². The van der Waals surface area contributed by atoms with Crippen molar-refractivity contribution < 1.29 is 0 Å². The summed E-state index contributed by atoms with van der Waals surface area (Å²) >= 11 is 1.56. The molecule has 1 heterocycles. The van der Waals surface area contributed by atoms with Gasteiger partial charge in [-0.3, -0.25) is 4.79 Å². The van der Waals surface area contributed by atoms with Gasteiger partial charge in [0.25, 0.3) is 5.56 Å². The molecule has 0 bridgehead atoms. The van der Waals surface area contributed by atoms with E-state index in [1.807, 2.05) is 26.1 Å². The Morgan fingerprint density at radius 1 is 1.35 bits per heavy atom.